The summed E-state index contributed by atoms with van der Waals surface area (Å²) in [5, 5.41) is 11.9. The summed E-state index contributed by atoms with van der Waals surface area (Å²) < 4.78 is 0. The first-order chi connectivity index (χ1) is 9.11. The van der Waals surface area contributed by atoms with Gasteiger partial charge in [-0.15, -0.1) is 0 Å². The highest BCUT2D eigenvalue weighted by Gasteiger charge is 2.26. The lowest BCUT2D eigenvalue weighted by atomic mass is 9.83. The average molecular weight is 256 g/mol. The van der Waals surface area contributed by atoms with Crippen molar-refractivity contribution in [1.29, 1.82) is 5.26 Å². The molecular weight excluding hydrogens is 236 g/mol. The van der Waals surface area contributed by atoms with Gasteiger partial charge >= 0.3 is 0 Å². The molecular formula is C16H20N2O. The second-order valence-corrected chi connectivity index (χ2v) is 5.57. The van der Waals surface area contributed by atoms with Crippen LogP contribution in [-0.4, -0.2) is 11.9 Å². The lowest BCUT2D eigenvalue weighted by molar-refractivity contribution is -0.126. The number of aryl methyl sites for hydroxylation is 1. The monoisotopic (exact) mass is 256 g/mol. The lowest BCUT2D eigenvalue weighted by Crippen LogP contribution is -2.42. The molecule has 100 valence electrons. The largest absolute Gasteiger partial charge is 0.340 e. The first kappa shape index (κ1) is 13.6. The molecule has 2 atom stereocenters. The van der Waals surface area contributed by atoms with E-state index >= 15 is 0 Å². The second-order valence-electron chi connectivity index (χ2n) is 5.57. The molecule has 0 aliphatic heterocycles. The summed E-state index contributed by atoms with van der Waals surface area (Å²) >= 11 is 0. The zero-order valence-corrected chi connectivity index (χ0v) is 11.5. The van der Waals surface area contributed by atoms with Gasteiger partial charge in [-0.1, -0.05) is 38.1 Å². The summed E-state index contributed by atoms with van der Waals surface area (Å²) in [6.07, 6.45) is 2.62. The minimum absolute atomic E-state index is 0.00417. The molecule has 2 rings (SSSR count). The topological polar surface area (TPSA) is 52.9 Å². The predicted octanol–water partition coefficient (Wildman–Crippen LogP) is 2.46. The van der Waals surface area contributed by atoms with Crippen molar-refractivity contribution in [1.82, 2.24) is 5.32 Å². The molecule has 1 aliphatic carbocycles. The molecule has 0 fully saturated rings. The third-order valence-electron chi connectivity index (χ3n) is 3.82. The van der Waals surface area contributed by atoms with E-state index in [-0.39, 0.29) is 23.8 Å². The van der Waals surface area contributed by atoms with Crippen molar-refractivity contribution >= 4 is 5.91 Å². The molecule has 1 amide bonds. The molecule has 0 bridgehead atoms. The number of carbonyl (C=O) groups is 1. The molecule has 0 aromatic heterocycles. The van der Waals surface area contributed by atoms with Gasteiger partial charge in [0, 0.05) is 5.92 Å². The van der Waals surface area contributed by atoms with Crippen LogP contribution in [-0.2, 0) is 17.6 Å². The van der Waals surface area contributed by atoms with Gasteiger partial charge in [0.15, 0.2) is 0 Å². The SMILES string of the molecule is CC(C)C(C#N)NC(=O)C1CCc2ccccc2C1. The Bertz CT molecular complexity index is 502. The fraction of sp³-hybridized carbons (Fsp3) is 0.500. The summed E-state index contributed by atoms with van der Waals surface area (Å²) in [6.45, 7) is 3.90. The van der Waals surface area contributed by atoms with Gasteiger partial charge < -0.3 is 5.32 Å². The van der Waals surface area contributed by atoms with Gasteiger partial charge in [-0.25, -0.2) is 0 Å². The first-order valence-corrected chi connectivity index (χ1v) is 6.88. The van der Waals surface area contributed by atoms with E-state index in [4.69, 9.17) is 5.26 Å². The Morgan fingerprint density at radius 2 is 2.05 bits per heavy atom. The fourth-order valence-electron chi connectivity index (χ4n) is 2.54. The Morgan fingerprint density at radius 1 is 1.37 bits per heavy atom. The number of carbonyl (C=O) groups excluding carboxylic acids is 1. The van der Waals surface area contributed by atoms with Crippen LogP contribution in [0.2, 0.25) is 0 Å². The van der Waals surface area contributed by atoms with Gasteiger partial charge in [0.2, 0.25) is 5.91 Å². The third-order valence-corrected chi connectivity index (χ3v) is 3.82. The number of nitriles is 1. The number of nitrogens with zero attached hydrogens (tertiary/aromatic N) is 1. The normalized spacial score (nSPS) is 19.4. The van der Waals surface area contributed by atoms with Crippen LogP contribution >= 0.6 is 0 Å². The Balaban J connectivity index is 2.01. The van der Waals surface area contributed by atoms with E-state index in [1.165, 1.54) is 11.1 Å². The number of nitrogens with one attached hydrogen (secondary N) is 1. The quantitative estimate of drug-likeness (QED) is 0.903. The highest BCUT2D eigenvalue weighted by atomic mass is 16.1. The van der Waals surface area contributed by atoms with E-state index < -0.39 is 0 Å². The third kappa shape index (κ3) is 3.14. The molecule has 0 heterocycles. The molecule has 1 aromatic carbocycles. The van der Waals surface area contributed by atoms with E-state index in [1.807, 2.05) is 26.0 Å². The Morgan fingerprint density at radius 3 is 2.68 bits per heavy atom. The van der Waals surface area contributed by atoms with Gasteiger partial charge in [-0.05, 0) is 36.3 Å². The van der Waals surface area contributed by atoms with Crippen molar-refractivity contribution in [3.63, 3.8) is 0 Å². The summed E-state index contributed by atoms with van der Waals surface area (Å²) in [4.78, 5) is 12.2. The summed E-state index contributed by atoms with van der Waals surface area (Å²) in [5.41, 5.74) is 2.62. The maximum Gasteiger partial charge on any atom is 0.224 e. The number of fused-ring (bicyclic) bond motifs is 1. The number of hydrogen-bond acceptors (Lipinski definition) is 2. The van der Waals surface area contributed by atoms with Crippen LogP contribution in [0.15, 0.2) is 24.3 Å². The second kappa shape index (κ2) is 5.88. The molecule has 1 aliphatic rings. The minimum atomic E-state index is -0.385. The molecule has 0 radical (unpaired) electrons. The van der Waals surface area contributed by atoms with Crippen molar-refractivity contribution < 1.29 is 4.79 Å². The predicted molar refractivity (Wildman–Crippen MR) is 74.3 cm³/mol. The summed E-state index contributed by atoms with van der Waals surface area (Å²) in [6, 6.07) is 10.1. The van der Waals surface area contributed by atoms with Crippen LogP contribution in [0, 0.1) is 23.2 Å². The van der Waals surface area contributed by atoms with Gasteiger partial charge in [-0.2, -0.15) is 5.26 Å². The smallest absolute Gasteiger partial charge is 0.224 e. The van der Waals surface area contributed by atoms with Crippen molar-refractivity contribution in [3.05, 3.63) is 35.4 Å². The van der Waals surface area contributed by atoms with Gasteiger partial charge in [-0.3, -0.25) is 4.79 Å². The molecule has 19 heavy (non-hydrogen) atoms. The molecule has 1 aromatic rings. The maximum absolute atomic E-state index is 12.2. The molecule has 3 nitrogen and oxygen atoms in total. The highest BCUT2D eigenvalue weighted by molar-refractivity contribution is 5.80. The summed E-state index contributed by atoms with van der Waals surface area (Å²) in [5.74, 6) is 0.170. The zero-order valence-electron chi connectivity index (χ0n) is 11.5. The van der Waals surface area contributed by atoms with Crippen LogP contribution in [0.3, 0.4) is 0 Å². The Hall–Kier alpha value is -1.82. The van der Waals surface area contributed by atoms with Gasteiger partial charge in [0.1, 0.15) is 6.04 Å². The zero-order chi connectivity index (χ0) is 13.8. The van der Waals surface area contributed by atoms with E-state index in [0.717, 1.165) is 19.3 Å². The molecule has 3 heteroatoms. The number of hydrogen-bond donors (Lipinski definition) is 1. The first-order valence-electron chi connectivity index (χ1n) is 6.88. The highest BCUT2D eigenvalue weighted by Crippen LogP contribution is 2.25. The minimum Gasteiger partial charge on any atom is -0.340 e. The fourth-order valence-corrected chi connectivity index (χ4v) is 2.54. The van der Waals surface area contributed by atoms with E-state index in [1.54, 1.807) is 0 Å². The maximum atomic E-state index is 12.2. The Labute approximate surface area is 114 Å². The molecule has 0 saturated carbocycles. The number of benzene rings is 1. The molecule has 0 saturated heterocycles. The number of rotatable bonds is 3. The van der Waals surface area contributed by atoms with E-state index in [9.17, 15) is 4.79 Å². The van der Waals surface area contributed by atoms with Crippen molar-refractivity contribution in [2.45, 2.75) is 39.2 Å². The van der Waals surface area contributed by atoms with Gasteiger partial charge in [0.05, 0.1) is 6.07 Å². The Kier molecular flexibility index (Phi) is 4.21. The number of amides is 1. The molecule has 1 N–H and O–H groups in total. The van der Waals surface area contributed by atoms with Crippen LogP contribution in [0.5, 0.6) is 0 Å². The average Bonchev–Trinajstić information content (AvgIpc) is 2.43. The van der Waals surface area contributed by atoms with E-state index in [0.29, 0.717) is 0 Å². The van der Waals surface area contributed by atoms with Crippen molar-refractivity contribution in [2.24, 2.45) is 11.8 Å². The lowest BCUT2D eigenvalue weighted by Gasteiger charge is -2.25. The van der Waals surface area contributed by atoms with Gasteiger partial charge in [0.25, 0.3) is 0 Å². The standard InChI is InChI=1S/C16H20N2O/c1-11(2)15(10-17)18-16(19)14-8-7-12-5-3-4-6-13(12)9-14/h3-6,11,14-15H,7-9H2,1-2H3,(H,18,19). The van der Waals surface area contributed by atoms with Crippen LogP contribution in [0.4, 0.5) is 0 Å². The molecule has 2 unspecified atom stereocenters. The van der Waals surface area contributed by atoms with Crippen LogP contribution in [0.1, 0.15) is 31.4 Å². The van der Waals surface area contributed by atoms with Crippen LogP contribution < -0.4 is 5.32 Å². The summed E-state index contributed by atoms with van der Waals surface area (Å²) in [7, 11) is 0. The van der Waals surface area contributed by atoms with Crippen molar-refractivity contribution in [2.75, 3.05) is 0 Å². The van der Waals surface area contributed by atoms with E-state index in [2.05, 4.69) is 23.5 Å². The molecule has 0 spiro atoms. The van der Waals surface area contributed by atoms with Crippen LogP contribution in [0.25, 0.3) is 0 Å². The van der Waals surface area contributed by atoms with Crippen molar-refractivity contribution in [3.8, 4) is 6.07 Å².